The molecule has 0 aromatic heterocycles. The number of carbonyl (C=O) groups is 3. The van der Waals surface area contributed by atoms with Gasteiger partial charge in [0.05, 0.1) is 17.7 Å². The number of carbonyl (C=O) groups excluding carboxylic acids is 3. The van der Waals surface area contributed by atoms with Crippen LogP contribution in [0.15, 0.2) is 59.1 Å². The molecule has 0 N–H and O–H groups in total. The Kier molecular flexibility index (Phi) is 5.09. The summed E-state index contributed by atoms with van der Waals surface area (Å²) >= 11 is 3.34. The minimum Gasteiger partial charge on any atom is -0.461 e. The van der Waals surface area contributed by atoms with Crippen LogP contribution in [0, 0.1) is 0 Å². The van der Waals surface area contributed by atoms with Crippen LogP contribution in [0.25, 0.3) is 6.08 Å². The van der Waals surface area contributed by atoms with E-state index in [9.17, 15) is 14.4 Å². The summed E-state index contributed by atoms with van der Waals surface area (Å²) in [5.41, 5.74) is 1.63. The molecule has 2 amide bonds. The maximum absolute atomic E-state index is 12.2. The molecule has 0 spiro atoms. The third kappa shape index (κ3) is 3.85. The van der Waals surface area contributed by atoms with Crippen LogP contribution in [-0.4, -0.2) is 35.8 Å². The predicted molar refractivity (Wildman–Crippen MR) is 95.9 cm³/mol. The monoisotopic (exact) mass is 399 g/mol. The fourth-order valence-electron chi connectivity index (χ4n) is 2.47. The number of hydrogen-bond acceptors (Lipinski definition) is 4. The van der Waals surface area contributed by atoms with Crippen LogP contribution in [-0.2, 0) is 9.53 Å². The van der Waals surface area contributed by atoms with Gasteiger partial charge in [-0.15, -0.1) is 0 Å². The Hall–Kier alpha value is -2.73. The minimum absolute atomic E-state index is 0.0320. The molecule has 0 bridgehead atoms. The Bertz CT molecular complexity index is 823. The van der Waals surface area contributed by atoms with Crippen molar-refractivity contribution in [3.05, 3.63) is 75.8 Å². The Labute approximate surface area is 153 Å². The van der Waals surface area contributed by atoms with E-state index in [0.29, 0.717) is 11.1 Å². The molecule has 1 aliphatic rings. The van der Waals surface area contributed by atoms with Crippen LogP contribution in [0.4, 0.5) is 0 Å². The lowest BCUT2D eigenvalue weighted by atomic mass is 10.1. The molecule has 25 heavy (non-hydrogen) atoms. The Morgan fingerprint density at radius 2 is 1.60 bits per heavy atom. The number of amides is 2. The van der Waals surface area contributed by atoms with Crippen molar-refractivity contribution in [1.29, 1.82) is 0 Å². The summed E-state index contributed by atoms with van der Waals surface area (Å²) < 4.78 is 6.02. The largest absolute Gasteiger partial charge is 0.461 e. The second-order valence-electron chi connectivity index (χ2n) is 5.36. The van der Waals surface area contributed by atoms with E-state index in [1.54, 1.807) is 30.3 Å². The number of ether oxygens (including phenoxy) is 1. The number of esters is 1. The number of fused-ring (bicyclic) bond motifs is 1. The van der Waals surface area contributed by atoms with Crippen LogP contribution in [0.1, 0.15) is 26.3 Å². The van der Waals surface area contributed by atoms with Gasteiger partial charge in [-0.3, -0.25) is 14.5 Å². The van der Waals surface area contributed by atoms with E-state index in [1.165, 1.54) is 6.08 Å². The summed E-state index contributed by atoms with van der Waals surface area (Å²) in [6.07, 6.45) is 2.95. The molecule has 1 aliphatic heterocycles. The van der Waals surface area contributed by atoms with Gasteiger partial charge in [-0.05, 0) is 35.9 Å². The minimum atomic E-state index is -0.528. The molecule has 0 radical (unpaired) electrons. The first-order valence-corrected chi connectivity index (χ1v) is 8.41. The van der Waals surface area contributed by atoms with Gasteiger partial charge in [-0.1, -0.05) is 40.2 Å². The van der Waals surface area contributed by atoms with E-state index >= 15 is 0 Å². The number of imide groups is 1. The van der Waals surface area contributed by atoms with Crippen molar-refractivity contribution in [1.82, 2.24) is 4.90 Å². The lowest BCUT2D eigenvalue weighted by molar-refractivity contribution is -0.137. The molecule has 0 saturated heterocycles. The zero-order valence-corrected chi connectivity index (χ0v) is 14.7. The molecule has 2 aromatic rings. The molecule has 0 fully saturated rings. The lowest BCUT2D eigenvalue weighted by Crippen LogP contribution is -2.33. The van der Waals surface area contributed by atoms with Gasteiger partial charge in [-0.25, -0.2) is 4.79 Å². The average molecular weight is 400 g/mol. The van der Waals surface area contributed by atoms with Crippen molar-refractivity contribution in [3.63, 3.8) is 0 Å². The lowest BCUT2D eigenvalue weighted by Gasteiger charge is -2.13. The Morgan fingerprint density at radius 1 is 1.00 bits per heavy atom. The topological polar surface area (TPSA) is 63.7 Å². The van der Waals surface area contributed by atoms with Crippen LogP contribution in [0.3, 0.4) is 0 Å². The summed E-state index contributed by atoms with van der Waals surface area (Å²) in [7, 11) is 0. The van der Waals surface area contributed by atoms with E-state index in [0.717, 1.165) is 14.9 Å². The fraction of sp³-hybridized carbons (Fsp3) is 0.105. The van der Waals surface area contributed by atoms with Crippen LogP contribution < -0.4 is 0 Å². The SMILES string of the molecule is O=C(/C=C/c1ccc(Br)cc1)OCCN1C(=O)c2ccccc2C1=O. The summed E-state index contributed by atoms with van der Waals surface area (Å²) in [6.45, 7) is -0.0147. The Morgan fingerprint density at radius 3 is 2.20 bits per heavy atom. The van der Waals surface area contributed by atoms with E-state index < -0.39 is 5.97 Å². The highest BCUT2D eigenvalue weighted by Gasteiger charge is 2.34. The number of rotatable bonds is 5. The van der Waals surface area contributed by atoms with Crippen LogP contribution in [0.5, 0.6) is 0 Å². The number of nitrogens with zero attached hydrogens (tertiary/aromatic N) is 1. The maximum Gasteiger partial charge on any atom is 0.330 e. The van der Waals surface area contributed by atoms with Gasteiger partial charge in [0, 0.05) is 10.5 Å². The molecule has 126 valence electrons. The second-order valence-corrected chi connectivity index (χ2v) is 6.28. The molecule has 0 saturated carbocycles. The highest BCUT2D eigenvalue weighted by Crippen LogP contribution is 2.21. The van der Waals surface area contributed by atoms with Gasteiger partial charge in [-0.2, -0.15) is 0 Å². The molecule has 0 aliphatic carbocycles. The van der Waals surface area contributed by atoms with Gasteiger partial charge in [0.1, 0.15) is 6.61 Å². The van der Waals surface area contributed by atoms with Crippen molar-refractivity contribution in [3.8, 4) is 0 Å². The molecule has 0 atom stereocenters. The zero-order chi connectivity index (χ0) is 17.8. The maximum atomic E-state index is 12.2. The number of halogens is 1. The quantitative estimate of drug-likeness (QED) is 0.439. The third-order valence-electron chi connectivity index (χ3n) is 3.72. The van der Waals surface area contributed by atoms with E-state index in [2.05, 4.69) is 15.9 Å². The first kappa shape index (κ1) is 17.1. The summed E-state index contributed by atoms with van der Waals surface area (Å²) in [5, 5.41) is 0. The smallest absolute Gasteiger partial charge is 0.330 e. The van der Waals surface area contributed by atoms with Crippen molar-refractivity contribution < 1.29 is 19.1 Å². The molecule has 6 heteroatoms. The molecular formula is C19H14BrNO4. The van der Waals surface area contributed by atoms with Gasteiger partial charge >= 0.3 is 5.97 Å². The molecule has 5 nitrogen and oxygen atoms in total. The molecule has 1 heterocycles. The standard InChI is InChI=1S/C19H14BrNO4/c20-14-8-5-13(6-9-14)7-10-17(22)25-12-11-21-18(23)15-3-1-2-4-16(15)19(21)24/h1-10H,11-12H2/b10-7+. The number of benzene rings is 2. The highest BCUT2D eigenvalue weighted by molar-refractivity contribution is 9.10. The van der Waals surface area contributed by atoms with Crippen molar-refractivity contribution in [2.45, 2.75) is 0 Å². The molecule has 3 rings (SSSR count). The van der Waals surface area contributed by atoms with E-state index in [4.69, 9.17) is 4.74 Å². The molecule has 0 unspecified atom stereocenters. The summed E-state index contributed by atoms with van der Waals surface area (Å²) in [6, 6.07) is 14.1. The average Bonchev–Trinajstić information content (AvgIpc) is 2.86. The normalized spacial score (nSPS) is 13.4. The van der Waals surface area contributed by atoms with Crippen molar-refractivity contribution >= 4 is 39.8 Å². The van der Waals surface area contributed by atoms with Gasteiger partial charge in [0.25, 0.3) is 11.8 Å². The van der Waals surface area contributed by atoms with Crippen LogP contribution in [0.2, 0.25) is 0 Å². The summed E-state index contributed by atoms with van der Waals surface area (Å²) in [4.78, 5) is 37.2. The van der Waals surface area contributed by atoms with E-state index in [-0.39, 0.29) is 25.0 Å². The Balaban J connectivity index is 1.52. The predicted octanol–water partition coefficient (Wildman–Crippen LogP) is 3.30. The number of hydrogen-bond donors (Lipinski definition) is 0. The van der Waals surface area contributed by atoms with Crippen LogP contribution >= 0.6 is 15.9 Å². The van der Waals surface area contributed by atoms with Gasteiger partial charge in [0.2, 0.25) is 0 Å². The molecule has 2 aromatic carbocycles. The summed E-state index contributed by atoms with van der Waals surface area (Å²) in [5.74, 6) is -1.25. The van der Waals surface area contributed by atoms with Gasteiger partial charge in [0.15, 0.2) is 0 Å². The zero-order valence-electron chi connectivity index (χ0n) is 13.1. The van der Waals surface area contributed by atoms with Crippen molar-refractivity contribution in [2.75, 3.05) is 13.2 Å². The molecular weight excluding hydrogens is 386 g/mol. The van der Waals surface area contributed by atoms with E-state index in [1.807, 2.05) is 24.3 Å². The third-order valence-corrected chi connectivity index (χ3v) is 4.25. The highest BCUT2D eigenvalue weighted by atomic mass is 79.9. The van der Waals surface area contributed by atoms with Crippen molar-refractivity contribution in [2.24, 2.45) is 0 Å². The first-order valence-electron chi connectivity index (χ1n) is 7.62. The fourth-order valence-corrected chi connectivity index (χ4v) is 2.73. The second kappa shape index (κ2) is 7.44. The first-order chi connectivity index (χ1) is 12.1. The van der Waals surface area contributed by atoms with Gasteiger partial charge < -0.3 is 4.74 Å².